The van der Waals surface area contributed by atoms with Crippen LogP contribution in [0.4, 0.5) is 0 Å². The van der Waals surface area contributed by atoms with Crippen LogP contribution in [0.3, 0.4) is 0 Å². The van der Waals surface area contributed by atoms with Crippen molar-refractivity contribution in [1.29, 1.82) is 0 Å². The van der Waals surface area contributed by atoms with Crippen molar-refractivity contribution in [3.05, 3.63) is 24.3 Å². The van der Waals surface area contributed by atoms with E-state index in [1.54, 1.807) is 6.08 Å². The van der Waals surface area contributed by atoms with Crippen LogP contribution in [0.1, 0.15) is 187 Å². The van der Waals surface area contributed by atoms with Gasteiger partial charge in [-0.3, -0.25) is 4.79 Å². The summed E-state index contributed by atoms with van der Waals surface area (Å²) < 4.78 is 11.1. The number of aliphatic hydroxyl groups excluding tert-OH is 6. The zero-order valence-corrected chi connectivity index (χ0v) is 34.3. The highest BCUT2D eigenvalue weighted by Gasteiger charge is 2.44. The maximum Gasteiger partial charge on any atom is 0.249 e. The number of ether oxygens (including phenoxy) is 2. The predicted octanol–water partition coefficient (Wildman–Crippen LogP) is 7.69. The topological polar surface area (TPSA) is 169 Å². The molecule has 1 fully saturated rings. The highest BCUT2D eigenvalue weighted by Crippen LogP contribution is 2.22. The Morgan fingerprint density at radius 2 is 1.09 bits per heavy atom. The standard InChI is InChI=1S/C44H83NO9/c1-3-5-7-9-11-13-15-17-18-19-21-23-25-27-29-31-33-38(48)43(52)45-36(35-53-44-42(51)41(50)40(49)39(34-46)54-44)37(47)32-30-28-26-24-22-20-16-14-12-10-8-6-4-2/h22,24,30,32,36-42,44,46-51H,3-21,23,25-29,31,33-35H2,1-2H3,(H,45,52)/b24-22+,32-30+/t36-,37+,38-,39+,40+,41-,42+,44+/m0/s1. The van der Waals surface area contributed by atoms with Crippen molar-refractivity contribution >= 4 is 5.91 Å². The van der Waals surface area contributed by atoms with Gasteiger partial charge in [0.05, 0.1) is 25.4 Å². The van der Waals surface area contributed by atoms with E-state index in [1.165, 1.54) is 122 Å². The number of aliphatic hydroxyl groups is 6. The fourth-order valence-electron chi connectivity index (χ4n) is 6.94. The molecule has 318 valence electrons. The fourth-order valence-corrected chi connectivity index (χ4v) is 6.94. The summed E-state index contributed by atoms with van der Waals surface area (Å²) >= 11 is 0. The fraction of sp³-hybridized carbons (Fsp3) is 0.886. The quantitative estimate of drug-likeness (QED) is 0.0250. The van der Waals surface area contributed by atoms with Crippen molar-refractivity contribution in [1.82, 2.24) is 5.32 Å². The van der Waals surface area contributed by atoms with E-state index in [1.807, 2.05) is 6.08 Å². The lowest BCUT2D eigenvalue weighted by Crippen LogP contribution is -2.60. The van der Waals surface area contributed by atoms with Gasteiger partial charge in [0.15, 0.2) is 6.29 Å². The SMILES string of the molecule is CCCCCCCCC/C=C/CC/C=C/[C@@H](O)[C@H](CO[C@@H]1O[C@H](CO)[C@@H](O)[C@H](O)[C@H]1O)NC(=O)[C@@H](O)CCCCCCCCCCCCCCCCCC. The average Bonchev–Trinajstić information content (AvgIpc) is 3.17. The first-order valence-electron chi connectivity index (χ1n) is 22.2. The van der Waals surface area contributed by atoms with Crippen molar-refractivity contribution in [2.24, 2.45) is 0 Å². The van der Waals surface area contributed by atoms with Gasteiger partial charge in [-0.25, -0.2) is 0 Å². The summed E-state index contributed by atoms with van der Waals surface area (Å²) in [4.78, 5) is 13.0. The number of nitrogens with one attached hydrogen (secondary N) is 1. The third-order valence-corrected chi connectivity index (χ3v) is 10.6. The van der Waals surface area contributed by atoms with E-state index in [-0.39, 0.29) is 6.61 Å². The maximum absolute atomic E-state index is 13.0. The lowest BCUT2D eigenvalue weighted by molar-refractivity contribution is -0.302. The van der Waals surface area contributed by atoms with Gasteiger partial charge in [0.25, 0.3) is 0 Å². The van der Waals surface area contributed by atoms with Gasteiger partial charge in [-0.05, 0) is 32.1 Å². The normalized spacial score (nSPS) is 22.3. The smallest absolute Gasteiger partial charge is 0.249 e. The zero-order chi connectivity index (χ0) is 39.7. The number of amides is 1. The third kappa shape index (κ3) is 25.0. The molecule has 0 aromatic carbocycles. The summed E-state index contributed by atoms with van der Waals surface area (Å²) in [6.45, 7) is 3.57. The van der Waals surface area contributed by atoms with Crippen molar-refractivity contribution in [2.45, 2.75) is 236 Å². The minimum absolute atomic E-state index is 0.307. The van der Waals surface area contributed by atoms with Crippen LogP contribution < -0.4 is 5.32 Å². The van der Waals surface area contributed by atoms with E-state index in [9.17, 15) is 35.4 Å². The monoisotopic (exact) mass is 770 g/mol. The third-order valence-electron chi connectivity index (χ3n) is 10.6. The molecule has 0 aromatic rings. The first-order valence-corrected chi connectivity index (χ1v) is 22.2. The molecule has 1 heterocycles. The molecule has 10 heteroatoms. The molecule has 0 radical (unpaired) electrons. The molecule has 54 heavy (non-hydrogen) atoms. The number of rotatable bonds is 36. The van der Waals surface area contributed by atoms with Crippen LogP contribution in [0.15, 0.2) is 24.3 Å². The van der Waals surface area contributed by atoms with Crippen LogP contribution in [-0.4, -0.2) is 98.7 Å². The van der Waals surface area contributed by atoms with E-state index in [2.05, 4.69) is 31.3 Å². The molecule has 0 spiro atoms. The van der Waals surface area contributed by atoms with Gasteiger partial charge in [-0.1, -0.05) is 179 Å². The Labute approximate surface area is 329 Å². The van der Waals surface area contributed by atoms with Crippen LogP contribution >= 0.6 is 0 Å². The van der Waals surface area contributed by atoms with Gasteiger partial charge in [0.2, 0.25) is 5.91 Å². The van der Waals surface area contributed by atoms with Crippen LogP contribution in [0, 0.1) is 0 Å². The number of carbonyl (C=O) groups excluding carboxylic acids is 1. The van der Waals surface area contributed by atoms with Gasteiger partial charge in [-0.2, -0.15) is 0 Å². The van der Waals surface area contributed by atoms with Crippen LogP contribution in [0.5, 0.6) is 0 Å². The Bertz CT molecular complexity index is 916. The van der Waals surface area contributed by atoms with Crippen molar-refractivity contribution in [2.75, 3.05) is 13.2 Å². The lowest BCUT2D eigenvalue weighted by atomic mass is 9.99. The van der Waals surface area contributed by atoms with E-state index in [0.29, 0.717) is 19.3 Å². The highest BCUT2D eigenvalue weighted by molar-refractivity contribution is 5.80. The molecule has 7 N–H and O–H groups in total. The molecule has 0 saturated carbocycles. The number of hydrogen-bond donors (Lipinski definition) is 7. The molecule has 1 aliphatic rings. The molecule has 1 aliphatic heterocycles. The molecule has 1 saturated heterocycles. The number of carbonyl (C=O) groups is 1. The molecule has 0 bridgehead atoms. The summed E-state index contributed by atoms with van der Waals surface area (Å²) in [5, 5.41) is 64.5. The first kappa shape index (κ1) is 50.6. The van der Waals surface area contributed by atoms with E-state index in [0.717, 1.165) is 32.1 Å². The molecule has 0 aromatic heterocycles. The minimum Gasteiger partial charge on any atom is -0.394 e. The summed E-state index contributed by atoms with van der Waals surface area (Å²) in [5.74, 6) is -0.626. The number of hydrogen-bond acceptors (Lipinski definition) is 9. The number of allylic oxidation sites excluding steroid dienone is 3. The number of unbranched alkanes of at least 4 members (excludes halogenated alkanes) is 23. The lowest BCUT2D eigenvalue weighted by Gasteiger charge is -2.40. The van der Waals surface area contributed by atoms with Gasteiger partial charge in [-0.15, -0.1) is 0 Å². The molecule has 8 atom stereocenters. The van der Waals surface area contributed by atoms with Gasteiger partial charge in [0.1, 0.15) is 30.5 Å². The Morgan fingerprint density at radius 1 is 0.630 bits per heavy atom. The molecular formula is C44H83NO9. The Balaban J connectivity index is 2.45. The zero-order valence-electron chi connectivity index (χ0n) is 34.3. The summed E-state index contributed by atoms with van der Waals surface area (Å²) in [7, 11) is 0. The van der Waals surface area contributed by atoms with E-state index >= 15 is 0 Å². The van der Waals surface area contributed by atoms with Gasteiger partial charge < -0.3 is 45.4 Å². The second kappa shape index (κ2) is 34.8. The summed E-state index contributed by atoms with van der Waals surface area (Å²) in [6, 6.07) is -0.991. The summed E-state index contributed by atoms with van der Waals surface area (Å²) in [6.07, 6.45) is 29.8. The predicted molar refractivity (Wildman–Crippen MR) is 218 cm³/mol. The molecule has 0 unspecified atom stereocenters. The van der Waals surface area contributed by atoms with Gasteiger partial charge in [0, 0.05) is 0 Å². The second-order valence-corrected chi connectivity index (χ2v) is 15.6. The Morgan fingerprint density at radius 3 is 1.61 bits per heavy atom. The van der Waals surface area contributed by atoms with E-state index in [4.69, 9.17) is 9.47 Å². The van der Waals surface area contributed by atoms with Crippen LogP contribution in [0.25, 0.3) is 0 Å². The molecule has 1 amide bonds. The Hall–Kier alpha value is -1.37. The molecule has 1 rings (SSSR count). The summed E-state index contributed by atoms with van der Waals surface area (Å²) in [5.41, 5.74) is 0. The maximum atomic E-state index is 13.0. The second-order valence-electron chi connectivity index (χ2n) is 15.6. The average molecular weight is 770 g/mol. The minimum atomic E-state index is -1.61. The van der Waals surface area contributed by atoms with Crippen molar-refractivity contribution < 1.29 is 44.9 Å². The largest absolute Gasteiger partial charge is 0.394 e. The molecular weight excluding hydrogens is 686 g/mol. The van der Waals surface area contributed by atoms with E-state index < -0.39 is 61.5 Å². The van der Waals surface area contributed by atoms with Crippen molar-refractivity contribution in [3.8, 4) is 0 Å². The Kier molecular flexibility index (Phi) is 32.7. The highest BCUT2D eigenvalue weighted by atomic mass is 16.7. The van der Waals surface area contributed by atoms with Gasteiger partial charge >= 0.3 is 0 Å². The van der Waals surface area contributed by atoms with Crippen molar-refractivity contribution in [3.63, 3.8) is 0 Å². The van der Waals surface area contributed by atoms with Crippen LogP contribution in [0.2, 0.25) is 0 Å². The molecule has 10 nitrogen and oxygen atoms in total. The first-order chi connectivity index (χ1) is 26.3. The molecule has 0 aliphatic carbocycles. The van der Waals surface area contributed by atoms with Crippen LogP contribution in [-0.2, 0) is 14.3 Å².